The summed E-state index contributed by atoms with van der Waals surface area (Å²) in [4.78, 5) is 12.9. The number of hydrogen-bond acceptors (Lipinski definition) is 6. The molecule has 0 radical (unpaired) electrons. The maximum Gasteiger partial charge on any atom is 0.264 e. The SMILES string of the molecule is COc1ccc(S(=O)(=O)N(CC(=O)N/N=C\c2cc(C)n(-c3ccc(C)cc3C)c2C)c2ccccc2)cc1OC. The van der Waals surface area contributed by atoms with Gasteiger partial charge in [0, 0.05) is 28.7 Å². The summed E-state index contributed by atoms with van der Waals surface area (Å²) in [6.45, 7) is 7.65. The molecule has 0 spiro atoms. The van der Waals surface area contributed by atoms with Gasteiger partial charge in [-0.1, -0.05) is 35.9 Å². The van der Waals surface area contributed by atoms with E-state index >= 15 is 0 Å². The molecule has 0 aliphatic carbocycles. The molecule has 0 aliphatic heterocycles. The Hall–Kier alpha value is -4.57. The Morgan fingerprint density at radius 1 is 0.927 bits per heavy atom. The molecule has 1 heterocycles. The monoisotopic (exact) mass is 574 g/mol. The van der Waals surface area contributed by atoms with Crippen LogP contribution in [0.2, 0.25) is 0 Å². The van der Waals surface area contributed by atoms with Crippen molar-refractivity contribution in [2.75, 3.05) is 25.1 Å². The van der Waals surface area contributed by atoms with Crippen molar-refractivity contribution in [3.8, 4) is 17.2 Å². The van der Waals surface area contributed by atoms with Crippen molar-refractivity contribution in [2.24, 2.45) is 5.10 Å². The van der Waals surface area contributed by atoms with E-state index in [1.165, 1.54) is 38.0 Å². The van der Waals surface area contributed by atoms with Gasteiger partial charge in [0.05, 0.1) is 31.0 Å². The number of hydrazone groups is 1. The Kier molecular flexibility index (Phi) is 8.83. The highest BCUT2D eigenvalue weighted by atomic mass is 32.2. The Morgan fingerprint density at radius 2 is 1.63 bits per heavy atom. The number of benzene rings is 3. The van der Waals surface area contributed by atoms with Crippen molar-refractivity contribution >= 4 is 27.8 Å². The van der Waals surface area contributed by atoms with Crippen LogP contribution in [-0.4, -0.2) is 45.9 Å². The smallest absolute Gasteiger partial charge is 0.264 e. The third-order valence-corrected chi connectivity index (χ3v) is 8.50. The summed E-state index contributed by atoms with van der Waals surface area (Å²) >= 11 is 0. The molecule has 4 rings (SSSR count). The number of carbonyl (C=O) groups excluding carboxylic acids is 1. The third kappa shape index (κ3) is 6.28. The second kappa shape index (κ2) is 12.3. The minimum atomic E-state index is -4.15. The number of hydrogen-bond donors (Lipinski definition) is 1. The van der Waals surface area contributed by atoms with Crippen LogP contribution in [0.1, 0.15) is 28.1 Å². The van der Waals surface area contributed by atoms with Gasteiger partial charge in [0.25, 0.3) is 15.9 Å². The van der Waals surface area contributed by atoms with Crippen LogP contribution in [0.3, 0.4) is 0 Å². The van der Waals surface area contributed by atoms with Crippen LogP contribution in [0.15, 0.2) is 82.8 Å². The molecule has 3 aromatic carbocycles. The average Bonchev–Trinajstić information content (AvgIpc) is 3.23. The van der Waals surface area contributed by atoms with Crippen molar-refractivity contribution in [1.82, 2.24) is 9.99 Å². The fourth-order valence-electron chi connectivity index (χ4n) is 4.70. The highest BCUT2D eigenvalue weighted by Gasteiger charge is 2.28. The second-order valence-corrected chi connectivity index (χ2v) is 11.5. The first-order valence-electron chi connectivity index (χ1n) is 12.9. The Labute approximate surface area is 241 Å². The van der Waals surface area contributed by atoms with Gasteiger partial charge in [-0.25, -0.2) is 13.8 Å². The predicted octanol–water partition coefficient (Wildman–Crippen LogP) is 5.07. The van der Waals surface area contributed by atoms with Crippen LogP contribution >= 0.6 is 0 Å². The van der Waals surface area contributed by atoms with Crippen LogP contribution in [0.25, 0.3) is 5.69 Å². The van der Waals surface area contributed by atoms with E-state index in [4.69, 9.17) is 9.47 Å². The van der Waals surface area contributed by atoms with Gasteiger partial charge in [0.2, 0.25) is 0 Å². The number of nitrogens with zero attached hydrogens (tertiary/aromatic N) is 3. The molecule has 9 nitrogen and oxygen atoms in total. The zero-order chi connectivity index (χ0) is 29.7. The Morgan fingerprint density at radius 3 is 2.29 bits per heavy atom. The predicted molar refractivity (Wildman–Crippen MR) is 161 cm³/mol. The molecule has 0 saturated carbocycles. The summed E-state index contributed by atoms with van der Waals surface area (Å²) in [5.74, 6) is 0.0492. The topological polar surface area (TPSA) is 102 Å². The van der Waals surface area contributed by atoms with Gasteiger partial charge in [0.1, 0.15) is 6.54 Å². The van der Waals surface area contributed by atoms with Gasteiger partial charge in [-0.15, -0.1) is 0 Å². The first kappa shape index (κ1) is 29.4. The van der Waals surface area contributed by atoms with Crippen LogP contribution in [-0.2, 0) is 14.8 Å². The lowest BCUT2D eigenvalue weighted by Gasteiger charge is -2.24. The first-order valence-corrected chi connectivity index (χ1v) is 14.4. The number of sulfonamides is 1. The van der Waals surface area contributed by atoms with E-state index in [1.807, 2.05) is 19.9 Å². The number of rotatable bonds is 10. The molecular weight excluding hydrogens is 540 g/mol. The number of carbonyl (C=O) groups is 1. The molecular formula is C31H34N4O5S. The number of amides is 1. The maximum atomic E-state index is 13.7. The van der Waals surface area contributed by atoms with Crippen molar-refractivity contribution < 1.29 is 22.7 Å². The van der Waals surface area contributed by atoms with Crippen molar-refractivity contribution in [3.63, 3.8) is 0 Å². The summed E-state index contributed by atoms with van der Waals surface area (Å²) < 4.78 is 41.1. The lowest BCUT2D eigenvalue weighted by atomic mass is 10.1. The van der Waals surface area contributed by atoms with Crippen LogP contribution < -0.4 is 19.2 Å². The van der Waals surface area contributed by atoms with E-state index < -0.39 is 22.5 Å². The minimum absolute atomic E-state index is 0.0471. The largest absolute Gasteiger partial charge is 0.493 e. The highest BCUT2D eigenvalue weighted by Crippen LogP contribution is 2.32. The number of aryl methyl sites for hydroxylation is 3. The quantitative estimate of drug-likeness (QED) is 0.210. The summed E-state index contributed by atoms with van der Waals surface area (Å²) in [5, 5.41) is 4.14. The van der Waals surface area contributed by atoms with E-state index in [9.17, 15) is 13.2 Å². The number of methoxy groups -OCH3 is 2. The standard InChI is InChI=1S/C31H34N4O5S/c1-21-12-14-28(22(2)16-21)35-23(3)17-25(24(35)4)19-32-33-31(36)20-34(26-10-8-7-9-11-26)41(37,38)27-13-15-29(39-5)30(18-27)40-6/h7-19H,20H2,1-6H3,(H,33,36)/b32-19-. The van der Waals surface area contributed by atoms with Crippen molar-refractivity contribution in [3.05, 3.63) is 101 Å². The normalized spacial score (nSPS) is 11.5. The summed E-state index contributed by atoms with van der Waals surface area (Å²) in [5.41, 5.74) is 9.06. The van der Waals surface area contributed by atoms with Crippen LogP contribution in [0.5, 0.6) is 11.5 Å². The number of aromatic nitrogens is 1. The molecule has 4 aromatic rings. The molecule has 0 atom stereocenters. The van der Waals surface area contributed by atoms with Crippen LogP contribution in [0, 0.1) is 27.7 Å². The van der Waals surface area contributed by atoms with E-state index in [0.29, 0.717) is 11.4 Å². The summed E-state index contributed by atoms with van der Waals surface area (Å²) in [6.07, 6.45) is 1.57. The molecule has 1 N–H and O–H groups in total. The maximum absolute atomic E-state index is 13.7. The molecule has 1 aromatic heterocycles. The number of para-hydroxylation sites is 1. The van der Waals surface area contributed by atoms with E-state index in [2.05, 4.69) is 47.1 Å². The van der Waals surface area contributed by atoms with E-state index in [-0.39, 0.29) is 10.6 Å². The Bertz CT molecular complexity index is 1700. The summed E-state index contributed by atoms with van der Waals surface area (Å²) in [6, 6.07) is 21.0. The Balaban J connectivity index is 1.57. The average molecular weight is 575 g/mol. The zero-order valence-electron chi connectivity index (χ0n) is 24.0. The van der Waals surface area contributed by atoms with Gasteiger partial charge in [-0.05, 0) is 69.7 Å². The molecule has 0 saturated heterocycles. The molecule has 10 heteroatoms. The van der Waals surface area contributed by atoms with Crippen LogP contribution in [0.4, 0.5) is 5.69 Å². The van der Waals surface area contributed by atoms with Gasteiger partial charge in [-0.3, -0.25) is 9.10 Å². The number of anilines is 1. The van der Waals surface area contributed by atoms with Gasteiger partial charge in [0.15, 0.2) is 11.5 Å². The molecule has 214 valence electrons. The molecule has 0 bridgehead atoms. The molecule has 0 fully saturated rings. The lowest BCUT2D eigenvalue weighted by molar-refractivity contribution is -0.119. The summed E-state index contributed by atoms with van der Waals surface area (Å²) in [7, 11) is -1.26. The lowest BCUT2D eigenvalue weighted by Crippen LogP contribution is -2.39. The van der Waals surface area contributed by atoms with Crippen molar-refractivity contribution in [2.45, 2.75) is 32.6 Å². The second-order valence-electron chi connectivity index (χ2n) is 9.61. The number of nitrogens with one attached hydrogen (secondary N) is 1. The minimum Gasteiger partial charge on any atom is -0.493 e. The molecule has 0 aliphatic rings. The zero-order valence-corrected chi connectivity index (χ0v) is 24.8. The van der Waals surface area contributed by atoms with E-state index in [1.54, 1.807) is 36.5 Å². The number of ether oxygens (including phenoxy) is 2. The highest BCUT2D eigenvalue weighted by molar-refractivity contribution is 7.92. The van der Waals surface area contributed by atoms with Gasteiger partial charge < -0.3 is 14.0 Å². The fraction of sp³-hybridized carbons (Fsp3) is 0.226. The van der Waals surface area contributed by atoms with Crippen molar-refractivity contribution in [1.29, 1.82) is 0 Å². The molecule has 1 amide bonds. The first-order chi connectivity index (χ1) is 19.6. The third-order valence-electron chi connectivity index (χ3n) is 6.73. The van der Waals surface area contributed by atoms with E-state index in [0.717, 1.165) is 32.5 Å². The fourth-order valence-corrected chi connectivity index (χ4v) is 6.14. The van der Waals surface area contributed by atoms with Gasteiger partial charge in [-0.2, -0.15) is 5.10 Å². The molecule has 0 unspecified atom stereocenters. The molecule has 41 heavy (non-hydrogen) atoms. The van der Waals surface area contributed by atoms with Gasteiger partial charge >= 0.3 is 0 Å².